The number of nitrogens with two attached hydrogens (primary N) is 2. The van der Waals surface area contributed by atoms with Gasteiger partial charge in [-0.25, -0.2) is 0 Å². The van der Waals surface area contributed by atoms with Gasteiger partial charge in [0.15, 0.2) is 0 Å². The van der Waals surface area contributed by atoms with Crippen molar-refractivity contribution in [3.63, 3.8) is 0 Å². The van der Waals surface area contributed by atoms with Crippen LogP contribution in [0.1, 0.15) is 27.7 Å². The predicted octanol–water partition coefficient (Wildman–Crippen LogP) is -6.67. The molecule has 260 valence electrons. The summed E-state index contributed by atoms with van der Waals surface area (Å²) in [5.41, 5.74) is 9.81. The van der Waals surface area contributed by atoms with Crippen LogP contribution < -0.4 is 11.5 Å². The van der Waals surface area contributed by atoms with E-state index >= 15 is 0 Å². The van der Waals surface area contributed by atoms with Crippen molar-refractivity contribution in [1.29, 1.82) is 0 Å². The van der Waals surface area contributed by atoms with Gasteiger partial charge in [-0.05, 0) is 0 Å². The van der Waals surface area contributed by atoms with Crippen LogP contribution >= 0.6 is 0 Å². The van der Waals surface area contributed by atoms with Crippen LogP contribution in [0.5, 0.6) is 0 Å². The molecule has 0 saturated carbocycles. The predicted molar refractivity (Wildman–Crippen MR) is 165 cm³/mol. The number of hydrogen-bond donors (Lipinski definition) is 10. The summed E-state index contributed by atoms with van der Waals surface area (Å²) in [6.45, 7) is 3.28. The normalized spacial score (nSPS) is 7.64. The van der Waals surface area contributed by atoms with Crippen molar-refractivity contribution in [1.82, 2.24) is 9.80 Å². The first kappa shape index (κ1) is 74.6. The number of nitrogens with zero attached hydrogens (tertiary/aromatic N) is 2. The van der Waals surface area contributed by atoms with Crippen molar-refractivity contribution >= 4 is 145 Å². The standard InChI is InChI=1S/C10H16N2O8.C2H8N2.4C2H4O2.Ca.2Na.2H2O.4H/c13-7(14)3-11(4-8(15)16)1-2-12(5-9(17)18)6-10(19)20;3-1-2-4;4*1-2(3)4;;;;;;;;;/h1-6H2,(H,13,14)(H,15,16)(H,17,18)(H,19,20);1-4H2;4*1H3,(H,3,4);;;;2*1H2;;;;. The molecular formula is C20H48CaN4Na2O18. The molecule has 0 rings (SSSR count). The molecule has 0 aromatic heterocycles. The number of carboxylic acids is 8. The fourth-order valence-corrected chi connectivity index (χ4v) is 1.48. The molecule has 25 heteroatoms. The Morgan fingerprint density at radius 2 is 0.556 bits per heavy atom. The molecule has 0 saturated heterocycles. The Kier molecular flexibility index (Phi) is 91.5. The molecule has 0 aliphatic rings. The van der Waals surface area contributed by atoms with Gasteiger partial charge in [-0.15, -0.1) is 0 Å². The SMILES string of the molecule is CC(=O)O.CC(=O)O.CC(=O)O.CC(=O)O.NCCN.O.O.O=C(O)CN(CCN(CC(=O)O)CC(=O)O)CC(=O)O.[CaH2].[NaH].[NaH]. The number of rotatable bonds is 12. The molecule has 0 atom stereocenters. The topological polar surface area (TPSA) is 420 Å². The van der Waals surface area contributed by atoms with Gasteiger partial charge in [-0.3, -0.25) is 48.2 Å². The first-order chi connectivity index (χ1) is 18.0. The zero-order chi connectivity index (χ0) is 33.4. The second-order valence-electron chi connectivity index (χ2n) is 6.65. The average Bonchev–Trinajstić information content (AvgIpc) is 2.68. The van der Waals surface area contributed by atoms with Gasteiger partial charge in [-0.2, -0.15) is 0 Å². The summed E-state index contributed by atoms with van der Waals surface area (Å²) < 4.78 is 0. The molecule has 0 aliphatic heterocycles. The summed E-state index contributed by atoms with van der Waals surface area (Å²) in [6.07, 6.45) is 0. The monoisotopic (exact) mass is 718 g/mol. The summed E-state index contributed by atoms with van der Waals surface area (Å²) in [7, 11) is 0. The molecule has 0 aliphatic carbocycles. The number of hydrogen-bond acceptors (Lipinski definition) is 12. The molecular weight excluding hydrogens is 670 g/mol. The van der Waals surface area contributed by atoms with Crippen LogP contribution in [0.15, 0.2) is 0 Å². The van der Waals surface area contributed by atoms with E-state index in [0.717, 1.165) is 37.5 Å². The fraction of sp³-hybridized carbons (Fsp3) is 0.600. The van der Waals surface area contributed by atoms with E-state index in [1.54, 1.807) is 0 Å². The van der Waals surface area contributed by atoms with Gasteiger partial charge in [-0.1, -0.05) is 0 Å². The minimum atomic E-state index is -1.23. The maximum absolute atomic E-state index is 10.6. The van der Waals surface area contributed by atoms with Crippen LogP contribution in [0.3, 0.4) is 0 Å². The molecule has 0 radical (unpaired) electrons. The molecule has 0 fully saturated rings. The first-order valence-electron chi connectivity index (χ1n) is 10.5. The van der Waals surface area contributed by atoms with Crippen molar-refractivity contribution in [2.24, 2.45) is 11.5 Å². The van der Waals surface area contributed by atoms with Gasteiger partial charge in [0.1, 0.15) is 0 Å². The van der Waals surface area contributed by atoms with Crippen LogP contribution in [0, 0.1) is 0 Å². The van der Waals surface area contributed by atoms with Gasteiger partial charge in [0, 0.05) is 53.9 Å². The Hall–Kier alpha value is -1.22. The van der Waals surface area contributed by atoms with E-state index in [1.807, 2.05) is 0 Å². The third-order valence-electron chi connectivity index (χ3n) is 2.33. The van der Waals surface area contributed by atoms with Gasteiger partial charge in [0.2, 0.25) is 0 Å². The summed E-state index contributed by atoms with van der Waals surface area (Å²) >= 11 is 0. The van der Waals surface area contributed by atoms with E-state index < -0.39 is 73.9 Å². The molecule has 0 bridgehead atoms. The first-order valence-corrected chi connectivity index (χ1v) is 10.5. The van der Waals surface area contributed by atoms with Crippen molar-refractivity contribution in [2.45, 2.75) is 27.7 Å². The van der Waals surface area contributed by atoms with Crippen LogP contribution in [0.4, 0.5) is 0 Å². The molecule has 22 nitrogen and oxygen atoms in total. The second kappa shape index (κ2) is 55.2. The Bertz CT molecular complexity index is 648. The van der Waals surface area contributed by atoms with E-state index in [0.29, 0.717) is 13.1 Å². The maximum atomic E-state index is 10.6. The summed E-state index contributed by atoms with van der Waals surface area (Å²) in [5, 5.41) is 64.1. The Morgan fingerprint density at radius 1 is 0.444 bits per heavy atom. The summed E-state index contributed by atoms with van der Waals surface area (Å²) in [5.74, 6) is -8.24. The average molecular weight is 719 g/mol. The molecule has 0 heterocycles. The van der Waals surface area contributed by atoms with E-state index in [4.69, 9.17) is 71.5 Å². The van der Waals surface area contributed by atoms with Gasteiger partial charge < -0.3 is 63.3 Å². The molecule has 0 unspecified atom stereocenters. The Labute approximate surface area is 332 Å². The number of carbonyl (C=O) groups is 8. The van der Waals surface area contributed by atoms with Crippen molar-refractivity contribution in [3.8, 4) is 0 Å². The van der Waals surface area contributed by atoms with E-state index in [1.165, 1.54) is 0 Å². The van der Waals surface area contributed by atoms with Crippen molar-refractivity contribution in [2.75, 3.05) is 52.4 Å². The zero-order valence-corrected chi connectivity index (χ0v) is 23.5. The Morgan fingerprint density at radius 3 is 0.622 bits per heavy atom. The van der Waals surface area contributed by atoms with E-state index in [2.05, 4.69) is 0 Å². The second-order valence-corrected chi connectivity index (χ2v) is 6.65. The third-order valence-corrected chi connectivity index (χ3v) is 2.33. The van der Waals surface area contributed by atoms with Gasteiger partial charge in [0.05, 0.1) is 26.2 Å². The third kappa shape index (κ3) is 165. The zero-order valence-electron chi connectivity index (χ0n) is 23.5. The van der Waals surface area contributed by atoms with Crippen LogP contribution in [0.2, 0.25) is 0 Å². The van der Waals surface area contributed by atoms with Crippen LogP contribution in [-0.4, -0.2) is 259 Å². The molecule has 0 spiro atoms. The molecule has 45 heavy (non-hydrogen) atoms. The minimum absolute atomic E-state index is 0. The van der Waals surface area contributed by atoms with E-state index in [9.17, 15) is 19.2 Å². The Balaban J connectivity index is -0.0000000425. The quantitative estimate of drug-likeness (QED) is 0.0838. The van der Waals surface area contributed by atoms with Gasteiger partial charge >= 0.3 is 121 Å². The van der Waals surface area contributed by atoms with Crippen LogP contribution in [-0.2, 0) is 38.4 Å². The van der Waals surface area contributed by atoms with Crippen molar-refractivity contribution in [3.05, 3.63) is 0 Å². The van der Waals surface area contributed by atoms with Crippen molar-refractivity contribution < 1.29 is 90.2 Å². The van der Waals surface area contributed by atoms with E-state index in [-0.39, 0.29) is 121 Å². The molecule has 0 aromatic rings. The van der Waals surface area contributed by atoms with Gasteiger partial charge in [0.25, 0.3) is 23.9 Å². The fourth-order valence-electron chi connectivity index (χ4n) is 1.48. The van der Waals surface area contributed by atoms with Crippen LogP contribution in [0.25, 0.3) is 0 Å². The molecule has 0 amide bonds. The summed E-state index contributed by atoms with van der Waals surface area (Å²) in [4.78, 5) is 80.4. The number of aliphatic carboxylic acids is 8. The number of carboxylic acid groups (broad SMARTS) is 8. The summed E-state index contributed by atoms with van der Waals surface area (Å²) in [6, 6.07) is 0. The molecule has 16 N–H and O–H groups in total. The molecule has 0 aromatic carbocycles.